The van der Waals surface area contributed by atoms with E-state index in [0.717, 1.165) is 109 Å². The van der Waals surface area contributed by atoms with Crippen LogP contribution in [0.1, 0.15) is 226 Å². The highest BCUT2D eigenvalue weighted by atomic mass is 16.6. The zero-order valence-electron chi connectivity index (χ0n) is 40.8. The lowest BCUT2D eigenvalue weighted by molar-refractivity contribution is -0.167. The van der Waals surface area contributed by atoms with Gasteiger partial charge in [-0.2, -0.15) is 0 Å². The molecule has 0 fully saturated rings. The van der Waals surface area contributed by atoms with Crippen LogP contribution in [0.4, 0.5) is 0 Å². The topological polar surface area (TPSA) is 78.9 Å². The van der Waals surface area contributed by atoms with Gasteiger partial charge in [0.2, 0.25) is 0 Å². The molecule has 0 aliphatic carbocycles. The Bertz CT molecular complexity index is 1280. The fraction of sp³-hybridized carbons (Fsp3) is 0.667. The standard InChI is InChI=1S/C57H94O6/c1-4-7-10-13-16-19-22-24-26-28-30-32-35-38-41-44-47-50-56(59)62-53-54(52-61-55(58)49-46-43-40-37-34-21-18-15-12-9-6-3)63-57(60)51-48-45-42-39-36-33-31-29-27-25-23-20-17-14-11-8-5-2/h7,10,15-16,18-19,24-27,30-33,39,42,54H,4-6,8-9,11-14,17,20-23,28-29,34-38,40-41,43-53H2,1-3H3/b10-7-,18-15-,19-16-,26-24-,27-25-,32-30-,33-31-,42-39-/t54-/m0/s1. The number of unbranched alkanes of at least 4 members (excludes halogenated alkanes) is 18. The van der Waals surface area contributed by atoms with Crippen LogP contribution in [0.5, 0.6) is 0 Å². The minimum atomic E-state index is -0.817. The van der Waals surface area contributed by atoms with Crippen molar-refractivity contribution in [2.45, 2.75) is 232 Å². The Balaban J connectivity index is 4.51. The Labute approximate surface area is 387 Å². The van der Waals surface area contributed by atoms with E-state index >= 15 is 0 Å². The molecule has 0 bridgehead atoms. The summed E-state index contributed by atoms with van der Waals surface area (Å²) in [4.78, 5) is 37.9. The van der Waals surface area contributed by atoms with Crippen LogP contribution in [-0.2, 0) is 28.6 Å². The molecule has 0 spiro atoms. The first-order valence-corrected chi connectivity index (χ1v) is 25.7. The fourth-order valence-electron chi connectivity index (χ4n) is 6.66. The van der Waals surface area contributed by atoms with Crippen molar-refractivity contribution >= 4 is 17.9 Å². The smallest absolute Gasteiger partial charge is 0.306 e. The van der Waals surface area contributed by atoms with Crippen LogP contribution in [0, 0.1) is 0 Å². The van der Waals surface area contributed by atoms with Crippen molar-refractivity contribution < 1.29 is 28.6 Å². The Hall–Kier alpha value is -3.67. The molecule has 0 heterocycles. The number of rotatable bonds is 45. The third-order valence-corrected chi connectivity index (χ3v) is 10.5. The number of hydrogen-bond acceptors (Lipinski definition) is 6. The summed E-state index contributed by atoms with van der Waals surface area (Å²) < 4.78 is 16.7. The van der Waals surface area contributed by atoms with Gasteiger partial charge >= 0.3 is 17.9 Å². The molecule has 0 saturated heterocycles. The molecule has 0 N–H and O–H groups in total. The van der Waals surface area contributed by atoms with E-state index < -0.39 is 6.10 Å². The molecule has 0 radical (unpaired) electrons. The van der Waals surface area contributed by atoms with Gasteiger partial charge in [-0.05, 0) is 109 Å². The lowest BCUT2D eigenvalue weighted by Crippen LogP contribution is -2.30. The van der Waals surface area contributed by atoms with Gasteiger partial charge in [-0.25, -0.2) is 0 Å². The minimum Gasteiger partial charge on any atom is -0.462 e. The largest absolute Gasteiger partial charge is 0.462 e. The van der Waals surface area contributed by atoms with Crippen molar-refractivity contribution in [3.63, 3.8) is 0 Å². The Morgan fingerprint density at radius 1 is 0.333 bits per heavy atom. The molecule has 0 rings (SSSR count). The number of carbonyl (C=O) groups excluding carboxylic acids is 3. The quantitative estimate of drug-likeness (QED) is 0.0262. The Kier molecular flexibility index (Phi) is 48.0. The third kappa shape index (κ3) is 49.2. The second-order valence-electron chi connectivity index (χ2n) is 16.7. The molecule has 0 aromatic rings. The van der Waals surface area contributed by atoms with Gasteiger partial charge in [-0.15, -0.1) is 0 Å². The first-order chi connectivity index (χ1) is 31.0. The molecule has 0 aromatic carbocycles. The van der Waals surface area contributed by atoms with Gasteiger partial charge in [-0.3, -0.25) is 14.4 Å². The van der Waals surface area contributed by atoms with E-state index in [2.05, 4.69) is 118 Å². The van der Waals surface area contributed by atoms with Crippen LogP contribution in [0.2, 0.25) is 0 Å². The van der Waals surface area contributed by atoms with Crippen molar-refractivity contribution in [1.29, 1.82) is 0 Å². The Morgan fingerprint density at radius 3 is 1.08 bits per heavy atom. The highest BCUT2D eigenvalue weighted by Crippen LogP contribution is 2.12. The molecule has 0 saturated carbocycles. The van der Waals surface area contributed by atoms with E-state index in [9.17, 15) is 14.4 Å². The van der Waals surface area contributed by atoms with Crippen molar-refractivity contribution in [2.75, 3.05) is 13.2 Å². The predicted molar refractivity (Wildman–Crippen MR) is 270 cm³/mol. The molecule has 0 amide bonds. The van der Waals surface area contributed by atoms with Crippen LogP contribution in [0.3, 0.4) is 0 Å². The summed E-state index contributed by atoms with van der Waals surface area (Å²) in [5.41, 5.74) is 0. The molecule has 6 nitrogen and oxygen atoms in total. The van der Waals surface area contributed by atoms with Gasteiger partial charge < -0.3 is 14.2 Å². The maximum atomic E-state index is 12.8. The molecule has 1 atom stereocenters. The highest BCUT2D eigenvalue weighted by Gasteiger charge is 2.19. The summed E-state index contributed by atoms with van der Waals surface area (Å²) in [5, 5.41) is 0. The summed E-state index contributed by atoms with van der Waals surface area (Å²) in [5.74, 6) is -1.00. The summed E-state index contributed by atoms with van der Waals surface area (Å²) in [6.45, 7) is 6.40. The fourth-order valence-corrected chi connectivity index (χ4v) is 6.66. The first kappa shape index (κ1) is 59.3. The van der Waals surface area contributed by atoms with E-state index in [-0.39, 0.29) is 37.5 Å². The van der Waals surface area contributed by atoms with Gasteiger partial charge in [0.15, 0.2) is 6.10 Å². The third-order valence-electron chi connectivity index (χ3n) is 10.5. The number of carbonyl (C=O) groups is 3. The van der Waals surface area contributed by atoms with E-state index in [4.69, 9.17) is 14.2 Å². The summed E-state index contributed by atoms with van der Waals surface area (Å²) in [6.07, 6.45) is 66.8. The number of allylic oxidation sites excluding steroid dienone is 16. The van der Waals surface area contributed by atoms with Crippen LogP contribution in [0.15, 0.2) is 97.2 Å². The van der Waals surface area contributed by atoms with E-state index in [1.165, 1.54) is 70.6 Å². The number of ether oxygens (including phenoxy) is 3. The van der Waals surface area contributed by atoms with Gasteiger partial charge in [0.05, 0.1) is 0 Å². The molecular formula is C57H94O6. The van der Waals surface area contributed by atoms with Crippen LogP contribution in [-0.4, -0.2) is 37.2 Å². The highest BCUT2D eigenvalue weighted by molar-refractivity contribution is 5.71. The average molecular weight is 875 g/mol. The normalized spacial score (nSPS) is 12.9. The molecule has 0 aliphatic heterocycles. The molecule has 0 aromatic heterocycles. The number of esters is 3. The van der Waals surface area contributed by atoms with Crippen molar-refractivity contribution in [3.8, 4) is 0 Å². The van der Waals surface area contributed by atoms with E-state index in [1.807, 2.05) is 0 Å². The average Bonchev–Trinajstić information content (AvgIpc) is 3.28. The lowest BCUT2D eigenvalue weighted by atomic mass is 10.1. The maximum absolute atomic E-state index is 12.8. The summed E-state index contributed by atoms with van der Waals surface area (Å²) in [6, 6.07) is 0. The molecule has 0 aliphatic rings. The second-order valence-corrected chi connectivity index (χ2v) is 16.7. The van der Waals surface area contributed by atoms with Gasteiger partial charge in [-0.1, -0.05) is 195 Å². The molecule has 6 heteroatoms. The van der Waals surface area contributed by atoms with Crippen molar-refractivity contribution in [3.05, 3.63) is 97.2 Å². The first-order valence-electron chi connectivity index (χ1n) is 25.7. The zero-order chi connectivity index (χ0) is 45.8. The molecular weight excluding hydrogens is 781 g/mol. The molecule has 358 valence electrons. The zero-order valence-corrected chi connectivity index (χ0v) is 40.8. The van der Waals surface area contributed by atoms with Gasteiger partial charge in [0.1, 0.15) is 13.2 Å². The van der Waals surface area contributed by atoms with Crippen LogP contribution in [0.25, 0.3) is 0 Å². The SMILES string of the molecule is CC/C=C\C/C=C\C/C=C\C/C=C\CCCCCCC(=O)OC[C@H](COC(=O)CCCCCCC/C=C\CCCC)OC(=O)CCC/C=C\C/C=C\C/C=C\CCCCCCCC. The predicted octanol–water partition coefficient (Wildman–Crippen LogP) is 17.0. The van der Waals surface area contributed by atoms with Crippen molar-refractivity contribution in [1.82, 2.24) is 0 Å². The second kappa shape index (κ2) is 51.0. The molecule has 63 heavy (non-hydrogen) atoms. The van der Waals surface area contributed by atoms with Crippen LogP contribution < -0.4 is 0 Å². The van der Waals surface area contributed by atoms with E-state index in [0.29, 0.717) is 19.3 Å². The van der Waals surface area contributed by atoms with E-state index in [1.54, 1.807) is 0 Å². The van der Waals surface area contributed by atoms with Gasteiger partial charge in [0.25, 0.3) is 0 Å². The van der Waals surface area contributed by atoms with Crippen LogP contribution >= 0.6 is 0 Å². The maximum Gasteiger partial charge on any atom is 0.306 e. The van der Waals surface area contributed by atoms with Gasteiger partial charge in [0, 0.05) is 19.3 Å². The lowest BCUT2D eigenvalue weighted by Gasteiger charge is -2.18. The Morgan fingerprint density at radius 2 is 0.651 bits per heavy atom. The molecule has 0 unspecified atom stereocenters. The van der Waals surface area contributed by atoms with Crippen molar-refractivity contribution in [2.24, 2.45) is 0 Å². The summed E-state index contributed by atoms with van der Waals surface area (Å²) in [7, 11) is 0. The summed E-state index contributed by atoms with van der Waals surface area (Å²) >= 11 is 0. The number of hydrogen-bond donors (Lipinski definition) is 0. The monoisotopic (exact) mass is 875 g/mol. The minimum absolute atomic E-state index is 0.111.